The van der Waals surface area contributed by atoms with Crippen molar-refractivity contribution in [2.75, 3.05) is 0 Å². The second-order valence-electron chi connectivity index (χ2n) is 1.92. The number of unbranched alkanes of at least 4 members (excludes halogenated alkanes) is 2. The van der Waals surface area contributed by atoms with E-state index in [9.17, 15) is 4.79 Å². The van der Waals surface area contributed by atoms with E-state index >= 15 is 0 Å². The van der Waals surface area contributed by atoms with E-state index in [1.54, 1.807) is 0 Å². The summed E-state index contributed by atoms with van der Waals surface area (Å²) in [7, 11) is 0. The van der Waals surface area contributed by atoms with Crippen LogP contribution < -0.4 is 0 Å². The standard InChI is InChI=1S/C6H12O2S/c1-2-3-4-5-6(7)8-9/h9H,2-5H2,1H3. The second-order valence-corrected chi connectivity index (χ2v) is 2.10. The molecule has 0 aromatic rings. The van der Waals surface area contributed by atoms with Gasteiger partial charge in [-0.2, -0.15) is 0 Å². The van der Waals surface area contributed by atoms with Crippen LogP contribution in [-0.2, 0) is 8.98 Å². The van der Waals surface area contributed by atoms with Gasteiger partial charge in [0, 0.05) is 19.3 Å². The highest BCUT2D eigenvalue weighted by Gasteiger charge is 1.97. The Morgan fingerprint density at radius 1 is 1.56 bits per heavy atom. The monoisotopic (exact) mass is 148 g/mol. The number of carbonyl (C=O) groups excluding carboxylic acids is 1. The molecular weight excluding hydrogens is 136 g/mol. The van der Waals surface area contributed by atoms with Gasteiger partial charge in [-0.25, -0.2) is 0 Å². The van der Waals surface area contributed by atoms with Crippen molar-refractivity contribution in [3.05, 3.63) is 0 Å². The normalized spacial score (nSPS) is 9.11. The molecule has 0 N–H and O–H groups in total. The second kappa shape index (κ2) is 5.95. The molecule has 0 radical (unpaired) electrons. The molecule has 0 aromatic heterocycles. The van der Waals surface area contributed by atoms with Crippen LogP contribution in [0.2, 0.25) is 0 Å². The molecule has 3 heteroatoms. The van der Waals surface area contributed by atoms with Crippen molar-refractivity contribution in [2.45, 2.75) is 32.6 Å². The molecule has 0 saturated heterocycles. The van der Waals surface area contributed by atoms with E-state index in [4.69, 9.17) is 0 Å². The van der Waals surface area contributed by atoms with Crippen molar-refractivity contribution in [1.82, 2.24) is 0 Å². The summed E-state index contributed by atoms with van der Waals surface area (Å²) in [6.45, 7) is 2.09. The number of hydrogen-bond donors (Lipinski definition) is 1. The molecule has 0 aromatic carbocycles. The first-order chi connectivity index (χ1) is 4.31. The Labute approximate surface area is 61.2 Å². The molecule has 0 unspecified atom stereocenters. The fourth-order valence-electron chi connectivity index (χ4n) is 0.565. The van der Waals surface area contributed by atoms with E-state index in [0.717, 1.165) is 19.3 Å². The van der Waals surface area contributed by atoms with Crippen LogP contribution in [0, 0.1) is 0 Å². The van der Waals surface area contributed by atoms with Gasteiger partial charge in [-0.3, -0.25) is 4.79 Å². The van der Waals surface area contributed by atoms with Crippen molar-refractivity contribution in [1.29, 1.82) is 0 Å². The Morgan fingerprint density at radius 2 is 2.22 bits per heavy atom. The molecule has 0 aliphatic carbocycles. The van der Waals surface area contributed by atoms with E-state index < -0.39 is 0 Å². The Bertz CT molecular complexity index is 83.1. The van der Waals surface area contributed by atoms with E-state index in [2.05, 4.69) is 24.0 Å². The van der Waals surface area contributed by atoms with Crippen molar-refractivity contribution >= 4 is 18.9 Å². The Kier molecular flexibility index (Phi) is 5.83. The highest BCUT2D eigenvalue weighted by Crippen LogP contribution is 2.00. The van der Waals surface area contributed by atoms with Crippen LogP contribution >= 0.6 is 12.9 Å². The summed E-state index contributed by atoms with van der Waals surface area (Å²) < 4.78 is 4.15. The van der Waals surface area contributed by atoms with Crippen LogP contribution in [0.1, 0.15) is 32.6 Å². The Morgan fingerprint density at radius 3 is 2.67 bits per heavy atom. The largest absolute Gasteiger partial charge is 0.395 e. The van der Waals surface area contributed by atoms with Gasteiger partial charge in [-0.15, -0.1) is 0 Å². The third-order valence-corrected chi connectivity index (χ3v) is 1.29. The molecule has 0 aliphatic heterocycles. The highest BCUT2D eigenvalue weighted by molar-refractivity contribution is 7.75. The average Bonchev–Trinajstić information content (AvgIpc) is 1.89. The van der Waals surface area contributed by atoms with Crippen molar-refractivity contribution in [2.24, 2.45) is 0 Å². The zero-order valence-corrected chi connectivity index (χ0v) is 6.49. The summed E-state index contributed by atoms with van der Waals surface area (Å²) >= 11 is 3.37. The topological polar surface area (TPSA) is 26.3 Å². The molecule has 9 heavy (non-hydrogen) atoms. The van der Waals surface area contributed by atoms with Gasteiger partial charge in [0.05, 0.1) is 0 Å². The molecule has 0 amide bonds. The van der Waals surface area contributed by atoms with Gasteiger partial charge >= 0.3 is 5.97 Å². The summed E-state index contributed by atoms with van der Waals surface area (Å²) in [5, 5.41) is 0. The molecule has 0 aliphatic rings. The molecule has 0 bridgehead atoms. The molecule has 0 saturated carbocycles. The van der Waals surface area contributed by atoms with Crippen LogP contribution in [0.25, 0.3) is 0 Å². The van der Waals surface area contributed by atoms with Crippen LogP contribution in [-0.4, -0.2) is 5.97 Å². The van der Waals surface area contributed by atoms with E-state index in [1.165, 1.54) is 0 Å². The summed E-state index contributed by atoms with van der Waals surface area (Å²) in [6, 6.07) is 0. The molecule has 0 spiro atoms. The quantitative estimate of drug-likeness (QED) is 0.374. The molecule has 0 atom stereocenters. The minimum absolute atomic E-state index is 0.230. The fourth-order valence-corrected chi connectivity index (χ4v) is 0.656. The zero-order valence-electron chi connectivity index (χ0n) is 5.59. The van der Waals surface area contributed by atoms with Crippen LogP contribution in [0.15, 0.2) is 0 Å². The van der Waals surface area contributed by atoms with Crippen molar-refractivity contribution < 1.29 is 8.98 Å². The van der Waals surface area contributed by atoms with Crippen LogP contribution in [0.4, 0.5) is 0 Å². The Hall–Kier alpha value is -0.180. The molecule has 54 valence electrons. The number of rotatable bonds is 4. The number of carbonyl (C=O) groups is 1. The van der Waals surface area contributed by atoms with E-state index in [-0.39, 0.29) is 5.97 Å². The maximum atomic E-state index is 10.4. The lowest BCUT2D eigenvalue weighted by molar-refractivity contribution is -0.132. The maximum absolute atomic E-state index is 10.4. The van der Waals surface area contributed by atoms with Gasteiger partial charge in [0.1, 0.15) is 0 Å². The predicted octanol–water partition coefficient (Wildman–Crippen LogP) is 1.95. The summed E-state index contributed by atoms with van der Waals surface area (Å²) in [6.07, 6.45) is 3.62. The first-order valence-electron chi connectivity index (χ1n) is 3.15. The van der Waals surface area contributed by atoms with Crippen molar-refractivity contribution in [3.8, 4) is 0 Å². The first-order valence-corrected chi connectivity index (χ1v) is 3.52. The fraction of sp³-hybridized carbons (Fsp3) is 0.833. The minimum atomic E-state index is -0.230. The molecule has 2 nitrogen and oxygen atoms in total. The van der Waals surface area contributed by atoms with Gasteiger partial charge in [0.2, 0.25) is 0 Å². The number of thiol groups is 1. The third-order valence-electron chi connectivity index (χ3n) is 1.09. The van der Waals surface area contributed by atoms with E-state index in [1.807, 2.05) is 0 Å². The predicted molar refractivity (Wildman–Crippen MR) is 39.2 cm³/mol. The van der Waals surface area contributed by atoms with Gasteiger partial charge in [-0.05, 0) is 6.42 Å². The minimum Gasteiger partial charge on any atom is -0.395 e. The van der Waals surface area contributed by atoms with E-state index in [0.29, 0.717) is 6.42 Å². The molecule has 0 heterocycles. The van der Waals surface area contributed by atoms with Gasteiger partial charge in [0.15, 0.2) is 0 Å². The molecule has 0 rings (SSSR count). The number of hydrogen-bond acceptors (Lipinski definition) is 3. The summed E-state index contributed by atoms with van der Waals surface area (Å²) in [4.78, 5) is 10.4. The Balaban J connectivity index is 2.97. The maximum Gasteiger partial charge on any atom is 0.317 e. The van der Waals surface area contributed by atoms with Gasteiger partial charge in [0.25, 0.3) is 0 Å². The SMILES string of the molecule is CCCCCC(=O)OS. The van der Waals surface area contributed by atoms with Crippen LogP contribution in [0.5, 0.6) is 0 Å². The van der Waals surface area contributed by atoms with Gasteiger partial charge < -0.3 is 4.18 Å². The summed E-state index contributed by atoms with van der Waals surface area (Å²) in [5.74, 6) is -0.230. The third kappa shape index (κ3) is 5.69. The zero-order chi connectivity index (χ0) is 7.11. The lowest BCUT2D eigenvalue weighted by Gasteiger charge is -1.94. The van der Waals surface area contributed by atoms with Crippen molar-refractivity contribution in [3.63, 3.8) is 0 Å². The summed E-state index contributed by atoms with van der Waals surface area (Å²) in [5.41, 5.74) is 0. The smallest absolute Gasteiger partial charge is 0.317 e. The lowest BCUT2D eigenvalue weighted by Crippen LogP contribution is -1.95. The van der Waals surface area contributed by atoms with Gasteiger partial charge in [-0.1, -0.05) is 19.8 Å². The highest BCUT2D eigenvalue weighted by atomic mass is 32.1. The lowest BCUT2D eigenvalue weighted by atomic mass is 10.2. The molecule has 0 fully saturated rings. The first kappa shape index (κ1) is 8.82. The average molecular weight is 148 g/mol. The van der Waals surface area contributed by atoms with Crippen LogP contribution in [0.3, 0.4) is 0 Å². The molecular formula is C6H12O2S.